The van der Waals surface area contributed by atoms with Gasteiger partial charge in [0.05, 0.1) is 5.69 Å². The first-order valence-electron chi connectivity index (χ1n) is 8.56. The highest BCUT2D eigenvalue weighted by atomic mass is 15.1. The van der Waals surface area contributed by atoms with Crippen LogP contribution in [0.1, 0.15) is 88.6 Å². The number of nitrogens with zero attached hydrogens (tertiary/aromatic N) is 2. The highest BCUT2D eigenvalue weighted by Gasteiger charge is 2.29. The van der Waals surface area contributed by atoms with Crippen LogP contribution in [0.2, 0.25) is 0 Å². The molecule has 3 rings (SSSR count). The quantitative estimate of drug-likeness (QED) is 0.886. The summed E-state index contributed by atoms with van der Waals surface area (Å²) in [6, 6.07) is 0. The number of nitrogens with two attached hydrogens (primary N) is 1. The zero-order chi connectivity index (χ0) is 14.1. The predicted octanol–water partition coefficient (Wildman–Crippen LogP) is 4.44. The van der Waals surface area contributed by atoms with Crippen molar-refractivity contribution < 1.29 is 0 Å². The van der Waals surface area contributed by atoms with E-state index in [2.05, 4.69) is 18.4 Å². The summed E-state index contributed by atoms with van der Waals surface area (Å²) in [5, 5.41) is 0. The largest absolute Gasteiger partial charge is 0.384 e. The van der Waals surface area contributed by atoms with E-state index in [1.165, 1.54) is 62.9 Å². The molecule has 2 fully saturated rings. The van der Waals surface area contributed by atoms with Crippen molar-refractivity contribution in [2.24, 2.45) is 5.92 Å². The molecule has 0 radical (unpaired) electrons. The second kappa shape index (κ2) is 5.79. The topological polar surface area (TPSA) is 43.8 Å². The summed E-state index contributed by atoms with van der Waals surface area (Å²) in [6.45, 7) is 5.53. The Bertz CT molecular complexity index is 449. The fourth-order valence-electron chi connectivity index (χ4n) is 4.16. The Morgan fingerprint density at radius 1 is 1.05 bits per heavy atom. The standard InChI is InChI=1S/C17H29N3/c1-3-20-16(18)15(13-10-8-12(2)9-11-13)19-17(20)14-6-4-5-7-14/h12-14H,3-11,18H2,1-2H3. The van der Waals surface area contributed by atoms with Crippen LogP contribution in [0.3, 0.4) is 0 Å². The minimum atomic E-state index is 0.610. The third kappa shape index (κ3) is 2.47. The Morgan fingerprint density at radius 2 is 1.70 bits per heavy atom. The summed E-state index contributed by atoms with van der Waals surface area (Å²) in [5.74, 6) is 4.41. The van der Waals surface area contributed by atoms with E-state index in [1.54, 1.807) is 0 Å². The number of anilines is 1. The molecule has 0 bridgehead atoms. The van der Waals surface area contributed by atoms with Crippen LogP contribution in [-0.4, -0.2) is 9.55 Å². The Morgan fingerprint density at radius 3 is 2.30 bits per heavy atom. The Kier molecular flexibility index (Phi) is 4.04. The first kappa shape index (κ1) is 14.0. The smallest absolute Gasteiger partial charge is 0.127 e. The summed E-state index contributed by atoms with van der Waals surface area (Å²) in [5.41, 5.74) is 7.67. The maximum atomic E-state index is 6.45. The van der Waals surface area contributed by atoms with Gasteiger partial charge in [0, 0.05) is 18.4 Å². The van der Waals surface area contributed by atoms with Crippen molar-refractivity contribution >= 4 is 5.82 Å². The van der Waals surface area contributed by atoms with Crippen LogP contribution < -0.4 is 5.73 Å². The van der Waals surface area contributed by atoms with Crippen LogP contribution in [0.25, 0.3) is 0 Å². The molecule has 0 spiro atoms. The lowest BCUT2D eigenvalue weighted by atomic mass is 9.81. The van der Waals surface area contributed by atoms with Crippen molar-refractivity contribution in [2.75, 3.05) is 5.73 Å². The molecule has 1 heterocycles. The van der Waals surface area contributed by atoms with Crippen molar-refractivity contribution in [3.8, 4) is 0 Å². The van der Waals surface area contributed by atoms with Gasteiger partial charge in [-0.2, -0.15) is 0 Å². The van der Waals surface area contributed by atoms with Gasteiger partial charge in [-0.15, -0.1) is 0 Å². The molecule has 2 N–H and O–H groups in total. The maximum absolute atomic E-state index is 6.45. The van der Waals surface area contributed by atoms with Gasteiger partial charge in [-0.25, -0.2) is 4.98 Å². The van der Waals surface area contributed by atoms with Crippen molar-refractivity contribution in [3.05, 3.63) is 11.5 Å². The average Bonchev–Trinajstić information content (AvgIpc) is 3.07. The van der Waals surface area contributed by atoms with E-state index in [0.717, 1.165) is 18.3 Å². The number of hydrogen-bond acceptors (Lipinski definition) is 2. The van der Waals surface area contributed by atoms with Gasteiger partial charge >= 0.3 is 0 Å². The van der Waals surface area contributed by atoms with E-state index in [-0.39, 0.29) is 0 Å². The minimum absolute atomic E-state index is 0.610. The monoisotopic (exact) mass is 275 g/mol. The molecule has 0 atom stereocenters. The molecule has 3 nitrogen and oxygen atoms in total. The molecule has 1 aromatic rings. The van der Waals surface area contributed by atoms with Gasteiger partial charge in [0.25, 0.3) is 0 Å². The van der Waals surface area contributed by atoms with E-state index in [0.29, 0.717) is 11.8 Å². The zero-order valence-corrected chi connectivity index (χ0v) is 13.1. The van der Waals surface area contributed by atoms with Gasteiger partial charge in [-0.3, -0.25) is 0 Å². The lowest BCUT2D eigenvalue weighted by molar-refractivity contribution is 0.345. The van der Waals surface area contributed by atoms with Crippen LogP contribution in [-0.2, 0) is 6.54 Å². The zero-order valence-electron chi connectivity index (χ0n) is 13.1. The summed E-state index contributed by atoms with van der Waals surface area (Å²) in [7, 11) is 0. The molecule has 2 aliphatic carbocycles. The van der Waals surface area contributed by atoms with E-state index < -0.39 is 0 Å². The Hall–Kier alpha value is -0.990. The molecule has 20 heavy (non-hydrogen) atoms. The van der Waals surface area contributed by atoms with Crippen LogP contribution in [0.5, 0.6) is 0 Å². The molecule has 2 aliphatic rings. The van der Waals surface area contributed by atoms with Crippen LogP contribution in [0.4, 0.5) is 5.82 Å². The summed E-state index contributed by atoms with van der Waals surface area (Å²) >= 11 is 0. The first-order valence-corrected chi connectivity index (χ1v) is 8.56. The van der Waals surface area contributed by atoms with Crippen molar-refractivity contribution in [1.82, 2.24) is 9.55 Å². The molecular weight excluding hydrogens is 246 g/mol. The number of nitrogen functional groups attached to an aromatic ring is 1. The lowest BCUT2D eigenvalue weighted by Gasteiger charge is -2.25. The number of hydrogen-bond donors (Lipinski definition) is 1. The first-order chi connectivity index (χ1) is 9.70. The molecule has 3 heteroatoms. The fraction of sp³-hybridized carbons (Fsp3) is 0.824. The highest BCUT2D eigenvalue weighted by molar-refractivity contribution is 5.41. The third-order valence-electron chi connectivity index (χ3n) is 5.50. The molecule has 0 unspecified atom stereocenters. The van der Waals surface area contributed by atoms with Crippen LogP contribution >= 0.6 is 0 Å². The fourth-order valence-corrected chi connectivity index (χ4v) is 4.16. The predicted molar refractivity (Wildman–Crippen MR) is 83.9 cm³/mol. The van der Waals surface area contributed by atoms with Crippen molar-refractivity contribution in [1.29, 1.82) is 0 Å². The van der Waals surface area contributed by atoms with Gasteiger partial charge in [0.2, 0.25) is 0 Å². The normalized spacial score (nSPS) is 28.1. The van der Waals surface area contributed by atoms with Gasteiger partial charge in [-0.05, 0) is 38.5 Å². The van der Waals surface area contributed by atoms with Crippen molar-refractivity contribution in [2.45, 2.75) is 83.6 Å². The Balaban J connectivity index is 1.87. The van der Waals surface area contributed by atoms with E-state index in [1.807, 2.05) is 0 Å². The maximum Gasteiger partial charge on any atom is 0.127 e. The van der Waals surface area contributed by atoms with E-state index >= 15 is 0 Å². The summed E-state index contributed by atoms with van der Waals surface area (Å²) in [4.78, 5) is 5.05. The van der Waals surface area contributed by atoms with Crippen LogP contribution in [0.15, 0.2) is 0 Å². The van der Waals surface area contributed by atoms with Gasteiger partial charge in [-0.1, -0.05) is 32.6 Å². The lowest BCUT2D eigenvalue weighted by Crippen LogP contribution is -2.13. The molecule has 0 aliphatic heterocycles. The molecule has 0 amide bonds. The third-order valence-corrected chi connectivity index (χ3v) is 5.50. The molecule has 0 saturated heterocycles. The molecule has 1 aromatic heterocycles. The number of aromatic nitrogens is 2. The van der Waals surface area contributed by atoms with E-state index in [4.69, 9.17) is 10.7 Å². The average molecular weight is 275 g/mol. The van der Waals surface area contributed by atoms with E-state index in [9.17, 15) is 0 Å². The summed E-state index contributed by atoms with van der Waals surface area (Å²) < 4.78 is 2.29. The van der Waals surface area contributed by atoms with Gasteiger partial charge < -0.3 is 10.3 Å². The van der Waals surface area contributed by atoms with Crippen LogP contribution in [0, 0.1) is 5.92 Å². The summed E-state index contributed by atoms with van der Waals surface area (Å²) in [6.07, 6.45) is 10.5. The molecule has 0 aromatic carbocycles. The van der Waals surface area contributed by atoms with Gasteiger partial charge in [0.1, 0.15) is 11.6 Å². The molecular formula is C17H29N3. The second-order valence-corrected chi connectivity index (χ2v) is 6.92. The SMILES string of the molecule is CCn1c(C2CCCC2)nc(C2CCC(C)CC2)c1N. The highest BCUT2D eigenvalue weighted by Crippen LogP contribution is 2.40. The Labute approximate surface area is 123 Å². The number of imidazole rings is 1. The van der Waals surface area contributed by atoms with Crippen molar-refractivity contribution in [3.63, 3.8) is 0 Å². The number of rotatable bonds is 3. The minimum Gasteiger partial charge on any atom is -0.384 e. The molecule has 112 valence electrons. The molecule has 2 saturated carbocycles. The van der Waals surface area contributed by atoms with Gasteiger partial charge in [0.15, 0.2) is 0 Å². The second-order valence-electron chi connectivity index (χ2n) is 6.92.